The van der Waals surface area contributed by atoms with E-state index in [0.29, 0.717) is 5.56 Å². The Kier molecular flexibility index (Phi) is 3.90. The first-order valence-electron chi connectivity index (χ1n) is 7.11. The minimum absolute atomic E-state index is 0.279. The minimum atomic E-state index is -0.924. The molecule has 110 valence electrons. The first-order valence-corrected chi connectivity index (χ1v) is 7.11. The first-order chi connectivity index (χ1) is 11.2. The standard InChI is InChI=1S/C20H13NO2/c21-13-16-6-10-18-11-15(5-9-19(18)12-16)2-1-14-3-7-17(8-4-14)20(22)23/h1-12H,(H,22,23). The number of rotatable bonds is 3. The van der Waals surface area contributed by atoms with Crippen LogP contribution >= 0.6 is 0 Å². The smallest absolute Gasteiger partial charge is 0.335 e. The van der Waals surface area contributed by atoms with Crippen LogP contribution < -0.4 is 0 Å². The Bertz CT molecular complexity index is 948. The Morgan fingerprint density at radius 3 is 2.17 bits per heavy atom. The number of carboxylic acids is 1. The summed E-state index contributed by atoms with van der Waals surface area (Å²) >= 11 is 0. The lowest BCUT2D eigenvalue weighted by Gasteiger charge is -2.01. The number of hydrogen-bond acceptors (Lipinski definition) is 2. The molecule has 0 aromatic heterocycles. The maximum Gasteiger partial charge on any atom is 0.335 e. The topological polar surface area (TPSA) is 61.1 Å². The summed E-state index contributed by atoms with van der Waals surface area (Å²) < 4.78 is 0. The summed E-state index contributed by atoms with van der Waals surface area (Å²) in [6.07, 6.45) is 3.92. The zero-order valence-electron chi connectivity index (χ0n) is 12.2. The predicted octanol–water partition coefficient (Wildman–Crippen LogP) is 4.58. The molecule has 0 amide bonds. The van der Waals surface area contributed by atoms with Crippen LogP contribution in [0.1, 0.15) is 27.0 Å². The number of fused-ring (bicyclic) bond motifs is 1. The monoisotopic (exact) mass is 299 g/mol. The van der Waals surface area contributed by atoms with E-state index >= 15 is 0 Å². The molecule has 0 atom stereocenters. The van der Waals surface area contributed by atoms with E-state index < -0.39 is 5.97 Å². The average Bonchev–Trinajstić information content (AvgIpc) is 2.59. The van der Waals surface area contributed by atoms with Gasteiger partial charge in [0.1, 0.15) is 0 Å². The Hall–Kier alpha value is -3.38. The normalized spacial score (nSPS) is 10.7. The number of benzene rings is 3. The summed E-state index contributed by atoms with van der Waals surface area (Å²) in [6.45, 7) is 0. The van der Waals surface area contributed by atoms with Crippen molar-refractivity contribution >= 4 is 28.9 Å². The van der Waals surface area contributed by atoms with E-state index in [1.165, 1.54) is 0 Å². The summed E-state index contributed by atoms with van der Waals surface area (Å²) in [7, 11) is 0. The number of carboxylic acid groups (broad SMARTS) is 1. The highest BCUT2D eigenvalue weighted by atomic mass is 16.4. The molecular formula is C20H13NO2. The van der Waals surface area contributed by atoms with Crippen LogP contribution in [0, 0.1) is 11.3 Å². The molecule has 3 aromatic carbocycles. The van der Waals surface area contributed by atoms with Gasteiger partial charge in [-0.05, 0) is 52.2 Å². The molecule has 3 aromatic rings. The molecule has 1 N–H and O–H groups in total. The van der Waals surface area contributed by atoms with Gasteiger partial charge in [0.15, 0.2) is 0 Å². The van der Waals surface area contributed by atoms with E-state index in [-0.39, 0.29) is 5.56 Å². The van der Waals surface area contributed by atoms with Crippen LogP contribution in [0.25, 0.3) is 22.9 Å². The van der Waals surface area contributed by atoms with Crippen LogP contribution in [0.4, 0.5) is 0 Å². The molecule has 3 nitrogen and oxygen atoms in total. The third-order valence-corrected chi connectivity index (χ3v) is 3.62. The molecular weight excluding hydrogens is 286 g/mol. The molecule has 0 unspecified atom stereocenters. The second kappa shape index (κ2) is 6.17. The lowest BCUT2D eigenvalue weighted by molar-refractivity contribution is 0.0697. The zero-order valence-corrected chi connectivity index (χ0v) is 12.2. The number of nitriles is 1. The van der Waals surface area contributed by atoms with Crippen molar-refractivity contribution in [3.05, 3.63) is 82.9 Å². The second-order valence-electron chi connectivity index (χ2n) is 5.19. The molecule has 0 bridgehead atoms. The van der Waals surface area contributed by atoms with Crippen molar-refractivity contribution in [3.63, 3.8) is 0 Å². The maximum absolute atomic E-state index is 10.8. The number of aromatic carboxylic acids is 1. The highest BCUT2D eigenvalue weighted by molar-refractivity contribution is 5.89. The van der Waals surface area contributed by atoms with E-state index in [1.54, 1.807) is 30.3 Å². The number of nitrogens with zero attached hydrogens (tertiary/aromatic N) is 1. The molecule has 0 saturated heterocycles. The molecule has 23 heavy (non-hydrogen) atoms. The van der Waals surface area contributed by atoms with Crippen molar-refractivity contribution in [3.8, 4) is 6.07 Å². The quantitative estimate of drug-likeness (QED) is 0.720. The molecule has 3 rings (SSSR count). The SMILES string of the molecule is N#Cc1ccc2cc(C=Cc3ccc(C(=O)O)cc3)ccc2c1. The summed E-state index contributed by atoms with van der Waals surface area (Å²) in [5.74, 6) is -0.924. The van der Waals surface area contributed by atoms with Gasteiger partial charge >= 0.3 is 5.97 Å². The van der Waals surface area contributed by atoms with Crippen molar-refractivity contribution in [2.24, 2.45) is 0 Å². The summed E-state index contributed by atoms with van der Waals surface area (Å²) in [4.78, 5) is 10.8. The zero-order chi connectivity index (χ0) is 16.2. The van der Waals surface area contributed by atoms with E-state index in [2.05, 4.69) is 12.1 Å². The van der Waals surface area contributed by atoms with Gasteiger partial charge < -0.3 is 5.11 Å². The fourth-order valence-corrected chi connectivity index (χ4v) is 2.37. The Balaban J connectivity index is 1.86. The highest BCUT2D eigenvalue weighted by Gasteiger charge is 2.00. The van der Waals surface area contributed by atoms with Crippen molar-refractivity contribution < 1.29 is 9.90 Å². The second-order valence-corrected chi connectivity index (χ2v) is 5.19. The Morgan fingerprint density at radius 1 is 0.870 bits per heavy atom. The van der Waals surface area contributed by atoms with E-state index in [0.717, 1.165) is 21.9 Å². The largest absolute Gasteiger partial charge is 0.478 e. The van der Waals surface area contributed by atoms with Crippen molar-refractivity contribution in [2.45, 2.75) is 0 Å². The predicted molar refractivity (Wildman–Crippen MR) is 91.0 cm³/mol. The lowest BCUT2D eigenvalue weighted by atomic mass is 10.0. The van der Waals surface area contributed by atoms with E-state index in [4.69, 9.17) is 10.4 Å². The summed E-state index contributed by atoms with van der Waals surface area (Å²) in [5.41, 5.74) is 2.92. The molecule has 3 heteroatoms. The third kappa shape index (κ3) is 3.28. The molecule has 0 radical (unpaired) electrons. The van der Waals surface area contributed by atoms with Gasteiger partial charge in [-0.3, -0.25) is 0 Å². The first kappa shape index (κ1) is 14.6. The molecule has 0 spiro atoms. The average molecular weight is 299 g/mol. The van der Waals surface area contributed by atoms with Gasteiger partial charge in [-0.1, -0.05) is 42.5 Å². The van der Waals surface area contributed by atoms with Crippen molar-refractivity contribution in [1.29, 1.82) is 5.26 Å². The summed E-state index contributed by atoms with van der Waals surface area (Å²) in [5, 5.41) is 19.9. The van der Waals surface area contributed by atoms with Gasteiger partial charge in [0, 0.05) is 0 Å². The maximum atomic E-state index is 10.8. The van der Waals surface area contributed by atoms with Gasteiger partial charge in [-0.15, -0.1) is 0 Å². The Morgan fingerprint density at radius 2 is 1.48 bits per heavy atom. The molecule has 0 aliphatic heterocycles. The number of hydrogen-bond donors (Lipinski definition) is 1. The van der Waals surface area contributed by atoms with Crippen LogP contribution in [0.5, 0.6) is 0 Å². The van der Waals surface area contributed by atoms with Gasteiger partial charge in [-0.2, -0.15) is 5.26 Å². The molecule has 0 aliphatic rings. The third-order valence-electron chi connectivity index (χ3n) is 3.62. The number of carbonyl (C=O) groups is 1. The lowest BCUT2D eigenvalue weighted by Crippen LogP contribution is -1.94. The van der Waals surface area contributed by atoms with Gasteiger partial charge in [0.2, 0.25) is 0 Å². The molecule has 0 fully saturated rings. The van der Waals surface area contributed by atoms with Gasteiger partial charge in [-0.25, -0.2) is 4.79 Å². The minimum Gasteiger partial charge on any atom is -0.478 e. The van der Waals surface area contributed by atoms with Crippen LogP contribution in [-0.4, -0.2) is 11.1 Å². The highest BCUT2D eigenvalue weighted by Crippen LogP contribution is 2.19. The van der Waals surface area contributed by atoms with Crippen LogP contribution in [0.3, 0.4) is 0 Å². The molecule has 0 aliphatic carbocycles. The molecule has 0 saturated carbocycles. The van der Waals surface area contributed by atoms with Gasteiger partial charge in [0.05, 0.1) is 17.2 Å². The molecule has 0 heterocycles. The fraction of sp³-hybridized carbons (Fsp3) is 0. The van der Waals surface area contributed by atoms with E-state index in [9.17, 15) is 4.79 Å². The van der Waals surface area contributed by atoms with Crippen LogP contribution in [0.15, 0.2) is 60.7 Å². The van der Waals surface area contributed by atoms with Crippen molar-refractivity contribution in [2.75, 3.05) is 0 Å². The summed E-state index contributed by atoms with van der Waals surface area (Å²) in [6, 6.07) is 20.5. The van der Waals surface area contributed by atoms with Crippen molar-refractivity contribution in [1.82, 2.24) is 0 Å². The van der Waals surface area contributed by atoms with Gasteiger partial charge in [0.25, 0.3) is 0 Å². The fourth-order valence-electron chi connectivity index (χ4n) is 2.37. The van der Waals surface area contributed by atoms with E-state index in [1.807, 2.05) is 36.4 Å². The van der Waals surface area contributed by atoms with Crippen LogP contribution in [0.2, 0.25) is 0 Å². The Labute approximate surface area is 133 Å². The van der Waals surface area contributed by atoms with Crippen LogP contribution in [-0.2, 0) is 0 Å².